The Morgan fingerprint density at radius 1 is 1.80 bits per heavy atom. The van der Waals surface area contributed by atoms with Crippen LogP contribution in [0.25, 0.3) is 0 Å². The molecule has 0 aromatic heterocycles. The first-order valence-electron chi connectivity index (χ1n) is 3.38. The third-order valence-corrected chi connectivity index (χ3v) is 1.69. The highest BCUT2D eigenvalue weighted by Gasteiger charge is 2.20. The van der Waals surface area contributed by atoms with Gasteiger partial charge in [0.15, 0.2) is 0 Å². The van der Waals surface area contributed by atoms with E-state index in [1.807, 2.05) is 6.92 Å². The topological polar surface area (TPSA) is 50.4 Å². The lowest BCUT2D eigenvalue weighted by molar-refractivity contribution is -0.133. The van der Waals surface area contributed by atoms with Gasteiger partial charge in [0.2, 0.25) is 0 Å². The average Bonchev–Trinajstić information content (AvgIpc) is 2.38. The van der Waals surface area contributed by atoms with Crippen LogP contribution >= 0.6 is 0 Å². The summed E-state index contributed by atoms with van der Waals surface area (Å²) in [5.41, 5.74) is 0. The van der Waals surface area contributed by atoms with E-state index in [0.717, 1.165) is 13.2 Å². The number of nitrogens with one attached hydrogen (secondary N) is 2. The van der Waals surface area contributed by atoms with Crippen LogP contribution in [0.3, 0.4) is 0 Å². The number of carbonyl (C=O) groups is 1. The third-order valence-electron chi connectivity index (χ3n) is 1.69. The molecular weight excluding hydrogens is 132 g/mol. The maximum Gasteiger partial charge on any atom is 0.293 e. The predicted octanol–water partition coefficient (Wildman–Crippen LogP) is -0.933. The van der Waals surface area contributed by atoms with Crippen molar-refractivity contribution in [3.8, 4) is 0 Å². The summed E-state index contributed by atoms with van der Waals surface area (Å²) in [6.07, 6.45) is -0.0347. The van der Waals surface area contributed by atoms with Crippen LogP contribution in [-0.4, -0.2) is 31.8 Å². The van der Waals surface area contributed by atoms with Crippen LogP contribution in [0, 0.1) is 0 Å². The van der Waals surface area contributed by atoms with Gasteiger partial charge in [-0.25, -0.2) is 0 Å². The van der Waals surface area contributed by atoms with Gasteiger partial charge in [-0.3, -0.25) is 10.1 Å². The van der Waals surface area contributed by atoms with Gasteiger partial charge in [0.05, 0.1) is 6.04 Å². The van der Waals surface area contributed by atoms with Gasteiger partial charge >= 0.3 is 0 Å². The van der Waals surface area contributed by atoms with Gasteiger partial charge in [-0.1, -0.05) is 0 Å². The first-order chi connectivity index (χ1) is 4.84. The van der Waals surface area contributed by atoms with Crippen molar-refractivity contribution in [2.75, 3.05) is 13.2 Å². The zero-order chi connectivity index (χ0) is 7.40. The van der Waals surface area contributed by atoms with Crippen molar-refractivity contribution in [3.05, 3.63) is 0 Å². The van der Waals surface area contributed by atoms with E-state index in [1.54, 1.807) is 0 Å². The Labute approximate surface area is 59.9 Å². The van der Waals surface area contributed by atoms with Gasteiger partial charge < -0.3 is 10.1 Å². The number of hydrogen-bond donors (Lipinski definition) is 2. The quantitative estimate of drug-likeness (QED) is 0.502. The highest BCUT2D eigenvalue weighted by Crippen LogP contribution is 1.98. The minimum Gasteiger partial charge on any atom is -0.463 e. The molecule has 0 aliphatic carbocycles. The molecule has 2 N–H and O–H groups in total. The van der Waals surface area contributed by atoms with Crippen LogP contribution < -0.4 is 10.6 Å². The maximum atomic E-state index is 9.90. The largest absolute Gasteiger partial charge is 0.463 e. The summed E-state index contributed by atoms with van der Waals surface area (Å²) in [6, 6.07) is 0.269. The molecule has 1 aliphatic heterocycles. The fourth-order valence-electron chi connectivity index (χ4n) is 1.02. The van der Waals surface area contributed by atoms with Crippen molar-refractivity contribution in [2.24, 2.45) is 0 Å². The van der Waals surface area contributed by atoms with Crippen LogP contribution in [0.1, 0.15) is 6.92 Å². The monoisotopic (exact) mass is 144 g/mol. The van der Waals surface area contributed by atoms with E-state index in [9.17, 15) is 4.79 Å². The molecule has 0 radical (unpaired) electrons. The number of rotatable bonds is 3. The molecule has 0 amide bonds. The third kappa shape index (κ3) is 1.68. The molecule has 2 unspecified atom stereocenters. The molecule has 58 valence electrons. The molecule has 1 heterocycles. The highest BCUT2D eigenvalue weighted by atomic mass is 16.5. The van der Waals surface area contributed by atoms with Crippen LogP contribution in [0.2, 0.25) is 0 Å². The number of ether oxygens (including phenoxy) is 1. The normalized spacial score (nSPS) is 27.9. The minimum atomic E-state index is -0.0347. The lowest BCUT2D eigenvalue weighted by Gasteiger charge is -2.15. The lowest BCUT2D eigenvalue weighted by Crippen LogP contribution is -2.36. The summed E-state index contributed by atoms with van der Waals surface area (Å²) < 4.78 is 4.74. The van der Waals surface area contributed by atoms with Gasteiger partial charge in [0.1, 0.15) is 6.10 Å². The molecular formula is C6H12N2O2. The van der Waals surface area contributed by atoms with Crippen LogP contribution in [0.5, 0.6) is 0 Å². The summed E-state index contributed by atoms with van der Waals surface area (Å²) in [4.78, 5) is 9.90. The first-order valence-corrected chi connectivity index (χ1v) is 3.38. The summed E-state index contributed by atoms with van der Waals surface area (Å²) in [7, 11) is 0. The molecule has 4 nitrogen and oxygen atoms in total. The molecule has 2 atom stereocenters. The van der Waals surface area contributed by atoms with E-state index in [4.69, 9.17) is 4.74 Å². The molecule has 4 heteroatoms. The van der Waals surface area contributed by atoms with E-state index >= 15 is 0 Å². The summed E-state index contributed by atoms with van der Waals surface area (Å²) >= 11 is 0. The Bertz CT molecular complexity index is 112. The molecule has 1 fully saturated rings. The molecule has 0 spiro atoms. The Hall–Kier alpha value is -0.610. The van der Waals surface area contributed by atoms with Crippen LogP contribution in [0.4, 0.5) is 0 Å². The summed E-state index contributed by atoms with van der Waals surface area (Å²) in [5.74, 6) is 0. The van der Waals surface area contributed by atoms with E-state index in [1.165, 1.54) is 0 Å². The zero-order valence-corrected chi connectivity index (χ0v) is 5.96. The lowest BCUT2D eigenvalue weighted by atomic mass is 10.2. The van der Waals surface area contributed by atoms with Gasteiger partial charge in [-0.05, 0) is 6.92 Å². The van der Waals surface area contributed by atoms with E-state index in [-0.39, 0.29) is 12.1 Å². The Kier molecular flexibility index (Phi) is 2.65. The van der Waals surface area contributed by atoms with Crippen molar-refractivity contribution in [3.63, 3.8) is 0 Å². The molecule has 1 rings (SSSR count). The minimum absolute atomic E-state index is 0.0347. The molecule has 0 aromatic carbocycles. The fraction of sp³-hybridized carbons (Fsp3) is 0.833. The first kappa shape index (κ1) is 7.50. The number of hydrogen-bond acceptors (Lipinski definition) is 4. The Morgan fingerprint density at radius 2 is 2.60 bits per heavy atom. The van der Waals surface area contributed by atoms with E-state index in [2.05, 4.69) is 10.6 Å². The predicted molar refractivity (Wildman–Crippen MR) is 36.4 cm³/mol. The average molecular weight is 144 g/mol. The highest BCUT2D eigenvalue weighted by molar-refractivity contribution is 5.37. The van der Waals surface area contributed by atoms with Crippen molar-refractivity contribution >= 4 is 6.47 Å². The van der Waals surface area contributed by atoms with Crippen LogP contribution in [-0.2, 0) is 9.53 Å². The molecule has 1 saturated heterocycles. The number of carbonyl (C=O) groups excluding carboxylic acids is 1. The SMILES string of the molecule is CC(OC=O)C1CNCN1. The smallest absolute Gasteiger partial charge is 0.293 e. The summed E-state index contributed by atoms with van der Waals surface area (Å²) in [6.45, 7) is 4.04. The zero-order valence-electron chi connectivity index (χ0n) is 5.96. The van der Waals surface area contributed by atoms with Gasteiger partial charge in [-0.15, -0.1) is 0 Å². The van der Waals surface area contributed by atoms with Crippen LogP contribution in [0.15, 0.2) is 0 Å². The molecule has 1 aliphatic rings. The fourth-order valence-corrected chi connectivity index (χ4v) is 1.02. The van der Waals surface area contributed by atoms with E-state index in [0.29, 0.717) is 6.47 Å². The second kappa shape index (κ2) is 3.53. The van der Waals surface area contributed by atoms with Crippen molar-refractivity contribution < 1.29 is 9.53 Å². The maximum absolute atomic E-state index is 9.90. The Morgan fingerprint density at radius 3 is 3.10 bits per heavy atom. The standard InChI is InChI=1S/C6H12N2O2/c1-5(10-4-9)6-2-7-3-8-6/h4-8H,2-3H2,1H3. The van der Waals surface area contributed by atoms with Gasteiger partial charge in [-0.2, -0.15) is 0 Å². The Balaban J connectivity index is 2.24. The molecule has 0 saturated carbocycles. The molecule has 10 heavy (non-hydrogen) atoms. The molecule has 0 aromatic rings. The van der Waals surface area contributed by atoms with Crippen molar-refractivity contribution in [1.29, 1.82) is 0 Å². The van der Waals surface area contributed by atoms with Crippen molar-refractivity contribution in [1.82, 2.24) is 10.6 Å². The molecule has 0 bridgehead atoms. The van der Waals surface area contributed by atoms with E-state index < -0.39 is 0 Å². The van der Waals surface area contributed by atoms with Gasteiger partial charge in [0, 0.05) is 13.2 Å². The second-order valence-electron chi connectivity index (χ2n) is 2.38. The van der Waals surface area contributed by atoms with Crippen molar-refractivity contribution in [2.45, 2.75) is 19.1 Å². The summed E-state index contributed by atoms with van der Waals surface area (Å²) in [5, 5.41) is 6.25. The van der Waals surface area contributed by atoms with Gasteiger partial charge in [0.25, 0.3) is 6.47 Å². The second-order valence-corrected chi connectivity index (χ2v) is 2.38.